The van der Waals surface area contributed by atoms with Crippen LogP contribution in [0, 0.1) is 11.7 Å². The number of carbonyl (C=O) groups is 2. The van der Waals surface area contributed by atoms with Crippen LogP contribution in [0.2, 0.25) is 5.02 Å². The smallest absolute Gasteiger partial charge is 0.260 e. The molecule has 0 aromatic heterocycles. The molecule has 1 aliphatic heterocycles. The molecule has 6 nitrogen and oxygen atoms in total. The van der Waals surface area contributed by atoms with E-state index in [0.29, 0.717) is 34.0 Å². The van der Waals surface area contributed by atoms with Crippen LogP contribution in [0.4, 0.5) is 10.1 Å². The van der Waals surface area contributed by atoms with Gasteiger partial charge in [0, 0.05) is 22.6 Å². The van der Waals surface area contributed by atoms with E-state index in [1.54, 1.807) is 36.4 Å². The maximum atomic E-state index is 14.5. The molecule has 37 heavy (non-hydrogen) atoms. The molecule has 0 spiro atoms. The molecule has 0 bridgehead atoms. The monoisotopic (exact) mass is 518 g/mol. The van der Waals surface area contributed by atoms with Crippen LogP contribution in [0.5, 0.6) is 11.5 Å². The summed E-state index contributed by atoms with van der Waals surface area (Å²) in [5, 5.41) is 11.6. The highest BCUT2D eigenvalue weighted by atomic mass is 35.5. The number of benzene rings is 3. The predicted octanol–water partition coefficient (Wildman–Crippen LogP) is 5.74. The van der Waals surface area contributed by atoms with Gasteiger partial charge in [0.15, 0.2) is 0 Å². The van der Waals surface area contributed by atoms with E-state index in [1.807, 2.05) is 6.08 Å². The fraction of sp³-hybridized carbons (Fsp3) is 0.172. The number of allylic oxidation sites excluding steroid dienone is 3. The summed E-state index contributed by atoms with van der Waals surface area (Å²) < 4.78 is 19.1. The van der Waals surface area contributed by atoms with Crippen LogP contribution in [0.25, 0.3) is 0 Å². The summed E-state index contributed by atoms with van der Waals surface area (Å²) in [5.74, 6) is -2.37. The molecule has 1 heterocycles. The third-order valence-corrected chi connectivity index (χ3v) is 7.43. The number of ether oxygens (including phenoxy) is 1. The molecule has 1 aliphatic carbocycles. The Morgan fingerprint density at radius 3 is 2.49 bits per heavy atom. The first-order valence-corrected chi connectivity index (χ1v) is 12.0. The third kappa shape index (κ3) is 3.86. The summed E-state index contributed by atoms with van der Waals surface area (Å²) in [6.07, 6.45) is 3.89. The number of hydrogen-bond donors (Lipinski definition) is 2. The van der Waals surface area contributed by atoms with Gasteiger partial charge >= 0.3 is 0 Å². The summed E-state index contributed by atoms with van der Waals surface area (Å²) in [6.45, 7) is 3.98. The standard InChI is InChI=1S/C29H24ClFN2O4/c1-3-17-4-15-24-27(35)33(32-21-11-9-20(31)10-12-21)28(36)29(24,18-5-7-19(30)8-6-18)26(17)23-14-13-22(34)16-25(23)37-2/h3-14,16,24,26,32,34H,1,15H2,2H3. The summed E-state index contributed by atoms with van der Waals surface area (Å²) in [6, 6.07) is 17.0. The van der Waals surface area contributed by atoms with E-state index >= 15 is 0 Å². The van der Waals surface area contributed by atoms with Gasteiger partial charge in [-0.25, -0.2) is 4.39 Å². The number of phenolic OH excluding ortho intramolecular Hbond substituents is 1. The minimum atomic E-state index is -1.38. The second-order valence-electron chi connectivity index (χ2n) is 9.03. The van der Waals surface area contributed by atoms with Gasteiger partial charge in [-0.3, -0.25) is 15.0 Å². The second kappa shape index (κ2) is 9.41. The lowest BCUT2D eigenvalue weighted by atomic mass is 9.56. The molecule has 2 N–H and O–H groups in total. The van der Waals surface area contributed by atoms with Crippen LogP contribution >= 0.6 is 11.6 Å². The number of hydrogen-bond acceptors (Lipinski definition) is 5. The fourth-order valence-corrected chi connectivity index (χ4v) is 5.70. The molecule has 5 rings (SSSR count). The highest BCUT2D eigenvalue weighted by molar-refractivity contribution is 6.30. The van der Waals surface area contributed by atoms with Crippen molar-refractivity contribution >= 4 is 29.1 Å². The van der Waals surface area contributed by atoms with Crippen LogP contribution in [0.3, 0.4) is 0 Å². The Balaban J connectivity index is 1.75. The number of halogens is 2. The third-order valence-electron chi connectivity index (χ3n) is 7.17. The fourth-order valence-electron chi connectivity index (χ4n) is 5.57. The number of nitrogens with one attached hydrogen (secondary N) is 1. The van der Waals surface area contributed by atoms with Gasteiger partial charge < -0.3 is 9.84 Å². The van der Waals surface area contributed by atoms with Gasteiger partial charge in [-0.2, -0.15) is 5.01 Å². The van der Waals surface area contributed by atoms with Crippen molar-refractivity contribution < 1.29 is 23.8 Å². The van der Waals surface area contributed by atoms with E-state index in [2.05, 4.69) is 12.0 Å². The predicted molar refractivity (Wildman–Crippen MR) is 139 cm³/mol. The quantitative estimate of drug-likeness (QED) is 0.407. The lowest BCUT2D eigenvalue weighted by molar-refractivity contribution is -0.138. The first-order valence-electron chi connectivity index (χ1n) is 11.7. The largest absolute Gasteiger partial charge is 0.508 e. The van der Waals surface area contributed by atoms with Crippen molar-refractivity contribution in [3.8, 4) is 11.5 Å². The molecule has 3 aromatic carbocycles. The van der Waals surface area contributed by atoms with Crippen molar-refractivity contribution in [2.24, 2.45) is 5.92 Å². The van der Waals surface area contributed by atoms with Crippen molar-refractivity contribution in [1.29, 1.82) is 0 Å². The molecule has 0 radical (unpaired) electrons. The lowest BCUT2D eigenvalue weighted by Gasteiger charge is -2.43. The number of rotatable bonds is 6. The van der Waals surface area contributed by atoms with Crippen LogP contribution in [0.1, 0.15) is 23.5 Å². The average Bonchev–Trinajstić information content (AvgIpc) is 3.12. The van der Waals surface area contributed by atoms with Crippen molar-refractivity contribution in [2.75, 3.05) is 12.5 Å². The highest BCUT2D eigenvalue weighted by Crippen LogP contribution is 2.59. The minimum absolute atomic E-state index is 0.00561. The normalized spacial score (nSPS) is 22.9. The Morgan fingerprint density at radius 2 is 1.84 bits per heavy atom. The van der Waals surface area contributed by atoms with Crippen LogP contribution in [-0.2, 0) is 15.0 Å². The molecule has 8 heteroatoms. The zero-order valence-corrected chi connectivity index (χ0v) is 20.7. The van der Waals surface area contributed by atoms with Crippen LogP contribution in [0.15, 0.2) is 91.0 Å². The number of methoxy groups -OCH3 is 1. The number of carbonyl (C=O) groups excluding carboxylic acids is 2. The molecular weight excluding hydrogens is 495 g/mol. The highest BCUT2D eigenvalue weighted by Gasteiger charge is 2.66. The van der Waals surface area contributed by atoms with Gasteiger partial charge in [-0.05, 0) is 60.0 Å². The molecule has 2 aliphatic rings. The van der Waals surface area contributed by atoms with E-state index < -0.39 is 34.9 Å². The lowest BCUT2D eigenvalue weighted by Crippen LogP contribution is -2.48. The van der Waals surface area contributed by atoms with Crippen molar-refractivity contribution in [2.45, 2.75) is 17.8 Å². The maximum Gasteiger partial charge on any atom is 0.260 e. The van der Waals surface area contributed by atoms with Crippen LogP contribution in [-0.4, -0.2) is 29.0 Å². The Labute approximate surface area is 218 Å². The summed E-state index contributed by atoms with van der Waals surface area (Å²) in [7, 11) is 1.48. The zero-order chi connectivity index (χ0) is 26.3. The molecule has 188 valence electrons. The Morgan fingerprint density at radius 1 is 1.14 bits per heavy atom. The topological polar surface area (TPSA) is 78.9 Å². The van der Waals surface area contributed by atoms with E-state index in [9.17, 15) is 19.1 Å². The summed E-state index contributed by atoms with van der Waals surface area (Å²) in [5.41, 5.74) is 3.89. The van der Waals surface area contributed by atoms with Gasteiger partial charge in [0.2, 0.25) is 0 Å². The first-order chi connectivity index (χ1) is 17.8. The number of hydrazine groups is 1. The van der Waals surface area contributed by atoms with Crippen molar-refractivity contribution in [3.05, 3.63) is 113 Å². The number of nitrogens with zero attached hydrogens (tertiary/aromatic N) is 1. The molecular formula is C29H24ClFN2O4. The molecule has 3 atom stereocenters. The molecule has 2 amide bonds. The molecule has 3 unspecified atom stereocenters. The number of anilines is 1. The Hall–Kier alpha value is -4.10. The van der Waals surface area contributed by atoms with Gasteiger partial charge in [0.25, 0.3) is 11.8 Å². The number of amides is 2. The van der Waals surface area contributed by atoms with Gasteiger partial charge in [-0.1, -0.05) is 48.5 Å². The molecule has 3 aromatic rings. The molecule has 1 fully saturated rings. The maximum absolute atomic E-state index is 14.5. The second-order valence-corrected chi connectivity index (χ2v) is 9.47. The van der Waals surface area contributed by atoms with Crippen molar-refractivity contribution in [1.82, 2.24) is 5.01 Å². The Kier molecular flexibility index (Phi) is 6.25. The summed E-state index contributed by atoms with van der Waals surface area (Å²) >= 11 is 6.20. The zero-order valence-electron chi connectivity index (χ0n) is 19.9. The Bertz CT molecular complexity index is 1420. The van der Waals surface area contributed by atoms with Gasteiger partial charge in [0.1, 0.15) is 17.3 Å². The number of aromatic hydroxyl groups is 1. The average molecular weight is 519 g/mol. The number of fused-ring (bicyclic) bond motifs is 1. The van der Waals surface area contributed by atoms with Gasteiger partial charge in [-0.15, -0.1) is 0 Å². The number of imide groups is 1. The van der Waals surface area contributed by atoms with E-state index in [0.717, 1.165) is 10.6 Å². The van der Waals surface area contributed by atoms with E-state index in [1.165, 1.54) is 43.5 Å². The van der Waals surface area contributed by atoms with Gasteiger partial charge in [0.05, 0.1) is 24.1 Å². The minimum Gasteiger partial charge on any atom is -0.508 e. The van der Waals surface area contributed by atoms with Crippen LogP contribution < -0.4 is 10.2 Å². The molecule has 1 saturated heterocycles. The van der Waals surface area contributed by atoms with Crippen molar-refractivity contribution in [3.63, 3.8) is 0 Å². The SMILES string of the molecule is C=CC1=CCC2C(=O)N(Nc3ccc(F)cc3)C(=O)C2(c2ccc(Cl)cc2)C1c1ccc(O)cc1OC. The number of phenols is 1. The first kappa shape index (κ1) is 24.6. The van der Waals surface area contributed by atoms with E-state index in [-0.39, 0.29) is 5.75 Å². The molecule has 0 saturated carbocycles. The summed E-state index contributed by atoms with van der Waals surface area (Å²) in [4.78, 5) is 28.4. The van der Waals surface area contributed by atoms with E-state index in [4.69, 9.17) is 16.3 Å².